The molecule has 1 aliphatic heterocycles. The SMILES string of the molecule is CC1C(N=O)CC(C)(C)N(O)C1(C)C. The van der Waals surface area contributed by atoms with Gasteiger partial charge in [-0.15, -0.1) is 0 Å². The van der Waals surface area contributed by atoms with E-state index in [2.05, 4.69) is 5.18 Å². The van der Waals surface area contributed by atoms with Gasteiger partial charge in [-0.1, -0.05) is 12.1 Å². The van der Waals surface area contributed by atoms with Crippen molar-refractivity contribution >= 4 is 0 Å². The zero-order chi connectivity index (χ0) is 11.1. The second-order valence-corrected chi connectivity index (χ2v) is 5.44. The summed E-state index contributed by atoms with van der Waals surface area (Å²) in [5.74, 6) is 0.0676. The maximum atomic E-state index is 10.7. The molecule has 0 bridgehead atoms. The Hall–Kier alpha value is -0.480. The van der Waals surface area contributed by atoms with E-state index in [9.17, 15) is 10.1 Å². The van der Waals surface area contributed by atoms with E-state index in [1.807, 2.05) is 34.6 Å². The van der Waals surface area contributed by atoms with Crippen molar-refractivity contribution in [3.05, 3.63) is 4.91 Å². The minimum Gasteiger partial charge on any atom is -0.313 e. The van der Waals surface area contributed by atoms with Gasteiger partial charge in [0, 0.05) is 17.0 Å². The average Bonchev–Trinajstić information content (AvgIpc) is 2.09. The molecule has 4 nitrogen and oxygen atoms in total. The Morgan fingerprint density at radius 2 is 1.86 bits per heavy atom. The van der Waals surface area contributed by atoms with Crippen LogP contribution < -0.4 is 0 Å². The predicted molar refractivity (Wildman–Crippen MR) is 55.1 cm³/mol. The van der Waals surface area contributed by atoms with Crippen molar-refractivity contribution in [3.63, 3.8) is 0 Å². The van der Waals surface area contributed by atoms with Gasteiger partial charge in [-0.05, 0) is 34.1 Å². The highest BCUT2D eigenvalue weighted by Gasteiger charge is 2.50. The van der Waals surface area contributed by atoms with Crippen LogP contribution in [0.2, 0.25) is 0 Å². The lowest BCUT2D eigenvalue weighted by atomic mass is 9.72. The molecule has 0 aromatic carbocycles. The Balaban J connectivity index is 3.02. The molecule has 82 valence electrons. The van der Waals surface area contributed by atoms with Crippen LogP contribution in [-0.2, 0) is 0 Å². The van der Waals surface area contributed by atoms with Crippen LogP contribution in [0.5, 0.6) is 0 Å². The van der Waals surface area contributed by atoms with Crippen molar-refractivity contribution in [2.75, 3.05) is 0 Å². The van der Waals surface area contributed by atoms with E-state index in [-0.39, 0.29) is 17.5 Å². The fourth-order valence-corrected chi connectivity index (χ4v) is 2.35. The zero-order valence-electron chi connectivity index (χ0n) is 9.61. The lowest BCUT2D eigenvalue weighted by Gasteiger charge is -2.53. The number of hydroxylamine groups is 2. The molecule has 4 heteroatoms. The number of piperidine rings is 1. The van der Waals surface area contributed by atoms with E-state index in [1.54, 1.807) is 0 Å². The fraction of sp³-hybridized carbons (Fsp3) is 1.00. The van der Waals surface area contributed by atoms with Crippen LogP contribution in [0.4, 0.5) is 0 Å². The molecule has 2 unspecified atom stereocenters. The minimum atomic E-state index is -0.402. The van der Waals surface area contributed by atoms with Crippen LogP contribution in [0.25, 0.3) is 0 Å². The molecule has 0 amide bonds. The monoisotopic (exact) mass is 200 g/mol. The topological polar surface area (TPSA) is 52.9 Å². The van der Waals surface area contributed by atoms with Crippen LogP contribution in [0.1, 0.15) is 41.0 Å². The summed E-state index contributed by atoms with van der Waals surface area (Å²) in [7, 11) is 0. The van der Waals surface area contributed by atoms with Gasteiger partial charge in [-0.2, -0.15) is 9.97 Å². The lowest BCUT2D eigenvalue weighted by Crippen LogP contribution is -2.64. The highest BCUT2D eigenvalue weighted by Crippen LogP contribution is 2.41. The minimum absolute atomic E-state index is 0.0676. The van der Waals surface area contributed by atoms with Gasteiger partial charge in [-0.25, -0.2) is 0 Å². The van der Waals surface area contributed by atoms with Crippen LogP contribution in [0.3, 0.4) is 0 Å². The molecule has 1 saturated heterocycles. The first-order chi connectivity index (χ1) is 6.23. The Morgan fingerprint density at radius 1 is 1.36 bits per heavy atom. The number of rotatable bonds is 1. The largest absolute Gasteiger partial charge is 0.313 e. The Morgan fingerprint density at radius 3 is 2.29 bits per heavy atom. The van der Waals surface area contributed by atoms with Crippen molar-refractivity contribution in [2.45, 2.75) is 58.2 Å². The van der Waals surface area contributed by atoms with E-state index in [0.29, 0.717) is 6.42 Å². The van der Waals surface area contributed by atoms with E-state index >= 15 is 0 Å². The first-order valence-corrected chi connectivity index (χ1v) is 5.05. The van der Waals surface area contributed by atoms with Crippen molar-refractivity contribution in [3.8, 4) is 0 Å². The molecule has 1 fully saturated rings. The summed E-state index contributed by atoms with van der Waals surface area (Å²) >= 11 is 0. The smallest absolute Gasteiger partial charge is 0.0981 e. The number of nitrogens with zero attached hydrogens (tertiary/aromatic N) is 2. The van der Waals surface area contributed by atoms with Crippen molar-refractivity contribution in [1.82, 2.24) is 5.06 Å². The predicted octanol–water partition coefficient (Wildman–Crippen LogP) is 2.41. The molecule has 0 aliphatic carbocycles. The molecule has 2 atom stereocenters. The first-order valence-electron chi connectivity index (χ1n) is 5.05. The van der Waals surface area contributed by atoms with E-state index < -0.39 is 5.54 Å². The molecule has 0 spiro atoms. The summed E-state index contributed by atoms with van der Waals surface area (Å²) < 4.78 is 0. The molecule has 1 N–H and O–H groups in total. The standard InChI is InChI=1S/C10H20N2O2/c1-7-8(11-13)6-9(2,3)12(14)10(7,4)5/h7-8,14H,6H2,1-5H3. The van der Waals surface area contributed by atoms with Crippen LogP contribution in [0, 0.1) is 10.8 Å². The molecule has 1 rings (SSSR count). The summed E-state index contributed by atoms with van der Waals surface area (Å²) in [6.45, 7) is 9.70. The van der Waals surface area contributed by atoms with Crippen molar-refractivity contribution in [2.24, 2.45) is 11.1 Å². The highest BCUT2D eigenvalue weighted by atomic mass is 16.5. The third-order valence-corrected chi connectivity index (χ3v) is 3.65. The second kappa shape index (κ2) is 3.28. The normalized spacial score (nSPS) is 36.7. The first kappa shape index (κ1) is 11.6. The average molecular weight is 200 g/mol. The molecule has 0 saturated carbocycles. The van der Waals surface area contributed by atoms with Gasteiger partial charge in [-0.3, -0.25) is 0 Å². The Bertz CT molecular complexity index is 238. The molecule has 14 heavy (non-hydrogen) atoms. The van der Waals surface area contributed by atoms with Crippen LogP contribution in [0.15, 0.2) is 5.18 Å². The van der Waals surface area contributed by atoms with Gasteiger partial charge in [0.2, 0.25) is 0 Å². The third-order valence-electron chi connectivity index (χ3n) is 3.65. The summed E-state index contributed by atoms with van der Waals surface area (Å²) in [6, 6.07) is -0.205. The van der Waals surface area contributed by atoms with Gasteiger partial charge >= 0.3 is 0 Å². The van der Waals surface area contributed by atoms with Gasteiger partial charge in [0.05, 0.1) is 6.04 Å². The quantitative estimate of drug-likeness (QED) is 0.661. The van der Waals surface area contributed by atoms with Crippen LogP contribution in [-0.4, -0.2) is 27.4 Å². The Kier molecular flexibility index (Phi) is 2.71. The number of hydrogen-bond acceptors (Lipinski definition) is 4. The molecule has 1 aliphatic rings. The highest BCUT2D eigenvalue weighted by molar-refractivity contribution is 5.02. The zero-order valence-corrected chi connectivity index (χ0v) is 9.61. The summed E-state index contributed by atoms with van der Waals surface area (Å²) in [5.41, 5.74) is -0.783. The number of hydrogen-bond donors (Lipinski definition) is 1. The third kappa shape index (κ3) is 1.57. The van der Waals surface area contributed by atoms with Gasteiger partial charge in [0.25, 0.3) is 0 Å². The summed E-state index contributed by atoms with van der Waals surface area (Å²) in [6.07, 6.45) is 0.609. The van der Waals surface area contributed by atoms with Crippen molar-refractivity contribution < 1.29 is 5.21 Å². The molecular formula is C10H20N2O2. The van der Waals surface area contributed by atoms with E-state index in [4.69, 9.17) is 0 Å². The lowest BCUT2D eigenvalue weighted by molar-refractivity contribution is -0.259. The number of nitroso groups, excluding NO2 is 1. The summed E-state index contributed by atoms with van der Waals surface area (Å²) in [5, 5.41) is 14.6. The second-order valence-electron chi connectivity index (χ2n) is 5.44. The molecule has 0 aromatic heterocycles. The maximum Gasteiger partial charge on any atom is 0.0981 e. The molecule has 1 heterocycles. The molecule has 0 aromatic rings. The molecule has 0 radical (unpaired) electrons. The molecular weight excluding hydrogens is 180 g/mol. The van der Waals surface area contributed by atoms with Gasteiger partial charge < -0.3 is 5.21 Å². The van der Waals surface area contributed by atoms with Gasteiger partial charge in [0.15, 0.2) is 0 Å². The fourth-order valence-electron chi connectivity index (χ4n) is 2.35. The van der Waals surface area contributed by atoms with E-state index in [1.165, 1.54) is 5.06 Å². The maximum absolute atomic E-state index is 10.7. The van der Waals surface area contributed by atoms with Gasteiger partial charge in [0.1, 0.15) is 0 Å². The van der Waals surface area contributed by atoms with Crippen LogP contribution >= 0.6 is 0 Å². The van der Waals surface area contributed by atoms with Crippen molar-refractivity contribution in [1.29, 1.82) is 0 Å². The summed E-state index contributed by atoms with van der Waals surface area (Å²) in [4.78, 5) is 10.7. The van der Waals surface area contributed by atoms with E-state index in [0.717, 1.165) is 0 Å². The Labute approximate surface area is 85.2 Å².